The average Bonchev–Trinajstić information content (AvgIpc) is 2.92. The predicted molar refractivity (Wildman–Crippen MR) is 134 cm³/mol. The van der Waals surface area contributed by atoms with E-state index >= 15 is 0 Å². The summed E-state index contributed by atoms with van der Waals surface area (Å²) in [6.45, 7) is 2.03. The van der Waals surface area contributed by atoms with E-state index in [0.717, 1.165) is 17.7 Å². The number of aromatic nitrogens is 1. The number of halogens is 3. The van der Waals surface area contributed by atoms with Gasteiger partial charge in [-0.1, -0.05) is 12.1 Å². The molecule has 1 aliphatic rings. The molecule has 0 aliphatic carbocycles. The van der Waals surface area contributed by atoms with Crippen LogP contribution in [-0.4, -0.2) is 50.3 Å². The van der Waals surface area contributed by atoms with Crippen LogP contribution in [0, 0.1) is 0 Å². The molecule has 0 unspecified atom stereocenters. The number of hydrogen-bond acceptors (Lipinski definition) is 6. The Morgan fingerprint density at radius 3 is 2.45 bits per heavy atom. The molecule has 3 N–H and O–H groups in total. The molecule has 9 nitrogen and oxygen atoms in total. The highest BCUT2D eigenvalue weighted by molar-refractivity contribution is 5.93. The molecule has 0 spiro atoms. The molecule has 0 radical (unpaired) electrons. The monoisotopic (exact) mass is 529 g/mol. The van der Waals surface area contributed by atoms with E-state index in [9.17, 15) is 22.8 Å². The second-order valence-corrected chi connectivity index (χ2v) is 8.34. The highest BCUT2D eigenvalue weighted by Gasteiger charge is 2.32. The lowest BCUT2D eigenvalue weighted by atomic mass is 10.1. The maximum absolute atomic E-state index is 13.3. The number of nitrogens with one attached hydrogen (secondary N) is 3. The van der Waals surface area contributed by atoms with Crippen molar-refractivity contribution in [3.8, 4) is 11.5 Å². The molecule has 200 valence electrons. The standard InChI is InChI=1S/C26H26F3N5O4/c1-30-24(35)22-15-20(8-9-31-22)38-19-5-2-17(3-6-19)16-32-25(36)33-21-14-18(26(27,28)29)4-7-23(21)34-10-12-37-13-11-34/h2-9,14-15H,10-13,16H2,1H3,(H,30,35)(H2,32,33,36). The Bertz CT molecular complexity index is 1280. The first-order valence-electron chi connectivity index (χ1n) is 11.8. The van der Waals surface area contributed by atoms with Crippen molar-refractivity contribution in [2.24, 2.45) is 0 Å². The Labute approximate surface area is 217 Å². The number of alkyl halides is 3. The number of urea groups is 1. The first kappa shape index (κ1) is 26.7. The summed E-state index contributed by atoms with van der Waals surface area (Å²) in [5.41, 5.74) is 0.669. The normalized spacial score (nSPS) is 13.5. The molecule has 2 heterocycles. The fourth-order valence-electron chi connectivity index (χ4n) is 3.78. The maximum atomic E-state index is 13.3. The molecule has 12 heteroatoms. The molecule has 0 atom stereocenters. The first-order valence-corrected chi connectivity index (χ1v) is 11.8. The van der Waals surface area contributed by atoms with Crippen LogP contribution in [0.2, 0.25) is 0 Å². The van der Waals surface area contributed by atoms with Gasteiger partial charge < -0.3 is 30.3 Å². The third-order valence-corrected chi connectivity index (χ3v) is 5.73. The van der Waals surface area contributed by atoms with E-state index in [2.05, 4.69) is 20.9 Å². The number of ether oxygens (including phenoxy) is 2. The summed E-state index contributed by atoms with van der Waals surface area (Å²) in [5, 5.41) is 7.71. The second kappa shape index (κ2) is 11.8. The van der Waals surface area contributed by atoms with Crippen LogP contribution in [0.4, 0.5) is 29.3 Å². The van der Waals surface area contributed by atoms with Crippen molar-refractivity contribution >= 4 is 23.3 Å². The van der Waals surface area contributed by atoms with Gasteiger partial charge in [-0.25, -0.2) is 4.79 Å². The fraction of sp³-hybridized carbons (Fsp3) is 0.269. The number of hydrogen-bond donors (Lipinski definition) is 3. The van der Waals surface area contributed by atoms with Gasteiger partial charge in [0.15, 0.2) is 0 Å². The number of rotatable bonds is 7. The van der Waals surface area contributed by atoms with Crippen molar-refractivity contribution in [1.29, 1.82) is 0 Å². The SMILES string of the molecule is CNC(=O)c1cc(Oc2ccc(CNC(=O)Nc3cc(C(F)(F)F)ccc3N3CCOCC3)cc2)ccn1. The Morgan fingerprint density at radius 1 is 1.03 bits per heavy atom. The molecule has 1 aliphatic heterocycles. The van der Waals surface area contributed by atoms with Crippen LogP contribution in [0.5, 0.6) is 11.5 Å². The smallest absolute Gasteiger partial charge is 0.416 e. The van der Waals surface area contributed by atoms with Crippen LogP contribution in [0.25, 0.3) is 0 Å². The Balaban J connectivity index is 1.38. The lowest BCUT2D eigenvalue weighted by Gasteiger charge is -2.31. The zero-order valence-electron chi connectivity index (χ0n) is 20.5. The number of carbonyl (C=O) groups is 2. The molecule has 38 heavy (non-hydrogen) atoms. The molecular weight excluding hydrogens is 503 g/mol. The fourth-order valence-corrected chi connectivity index (χ4v) is 3.78. The van der Waals surface area contributed by atoms with Gasteiger partial charge in [-0.15, -0.1) is 0 Å². The van der Waals surface area contributed by atoms with Crippen LogP contribution >= 0.6 is 0 Å². The topological polar surface area (TPSA) is 105 Å². The van der Waals surface area contributed by atoms with Gasteiger partial charge in [-0.05, 0) is 42.0 Å². The number of carbonyl (C=O) groups excluding carboxylic acids is 2. The summed E-state index contributed by atoms with van der Waals surface area (Å²) < 4.78 is 51.0. The summed E-state index contributed by atoms with van der Waals surface area (Å²) >= 11 is 0. The van der Waals surface area contributed by atoms with E-state index in [1.165, 1.54) is 25.4 Å². The molecule has 2 aromatic carbocycles. The van der Waals surface area contributed by atoms with Gasteiger partial charge in [0.05, 0.1) is 30.2 Å². The Morgan fingerprint density at radius 2 is 1.76 bits per heavy atom. The van der Waals surface area contributed by atoms with E-state index in [0.29, 0.717) is 43.5 Å². The van der Waals surface area contributed by atoms with Crippen LogP contribution in [-0.2, 0) is 17.5 Å². The average molecular weight is 530 g/mol. The molecule has 3 amide bonds. The number of nitrogens with zero attached hydrogens (tertiary/aromatic N) is 2. The Hall–Kier alpha value is -4.32. The molecule has 1 fully saturated rings. The van der Waals surface area contributed by atoms with Crippen molar-refractivity contribution in [2.75, 3.05) is 43.6 Å². The minimum atomic E-state index is -4.54. The highest BCUT2D eigenvalue weighted by atomic mass is 19.4. The van der Waals surface area contributed by atoms with Crippen molar-refractivity contribution in [3.63, 3.8) is 0 Å². The second-order valence-electron chi connectivity index (χ2n) is 8.34. The number of morpholine rings is 1. The molecule has 1 aromatic heterocycles. The number of benzene rings is 2. The van der Waals surface area contributed by atoms with E-state index in [4.69, 9.17) is 9.47 Å². The number of pyridine rings is 1. The van der Waals surface area contributed by atoms with Crippen molar-refractivity contribution in [2.45, 2.75) is 12.7 Å². The minimum Gasteiger partial charge on any atom is -0.457 e. The van der Waals surface area contributed by atoms with Gasteiger partial charge in [0.25, 0.3) is 5.91 Å². The summed E-state index contributed by atoms with van der Waals surface area (Å²) in [4.78, 5) is 30.2. The van der Waals surface area contributed by atoms with Gasteiger partial charge in [0.2, 0.25) is 0 Å². The van der Waals surface area contributed by atoms with Crippen LogP contribution in [0.15, 0.2) is 60.8 Å². The molecule has 0 saturated carbocycles. The lowest BCUT2D eigenvalue weighted by Crippen LogP contribution is -2.37. The zero-order chi connectivity index (χ0) is 27.1. The third-order valence-electron chi connectivity index (χ3n) is 5.73. The number of anilines is 2. The summed E-state index contributed by atoms with van der Waals surface area (Å²) in [7, 11) is 1.51. The quantitative estimate of drug-likeness (QED) is 0.419. The summed E-state index contributed by atoms with van der Waals surface area (Å²) in [6, 6.07) is 12.6. The molecular formula is C26H26F3N5O4. The summed E-state index contributed by atoms with van der Waals surface area (Å²) in [6.07, 6.45) is -3.08. The van der Waals surface area contributed by atoms with Crippen molar-refractivity contribution < 1.29 is 32.2 Å². The van der Waals surface area contributed by atoms with Gasteiger partial charge in [-0.2, -0.15) is 13.2 Å². The third kappa shape index (κ3) is 6.91. The van der Waals surface area contributed by atoms with E-state index in [-0.39, 0.29) is 23.8 Å². The lowest BCUT2D eigenvalue weighted by molar-refractivity contribution is -0.137. The summed E-state index contributed by atoms with van der Waals surface area (Å²) in [5.74, 6) is 0.602. The first-order chi connectivity index (χ1) is 18.2. The molecule has 4 rings (SSSR count). The van der Waals surface area contributed by atoms with Gasteiger partial charge in [0, 0.05) is 38.9 Å². The van der Waals surface area contributed by atoms with Crippen LogP contribution in [0.1, 0.15) is 21.6 Å². The van der Waals surface area contributed by atoms with Gasteiger partial charge >= 0.3 is 12.2 Å². The van der Waals surface area contributed by atoms with Crippen LogP contribution < -0.4 is 25.6 Å². The van der Waals surface area contributed by atoms with Gasteiger partial charge in [-0.3, -0.25) is 9.78 Å². The highest BCUT2D eigenvalue weighted by Crippen LogP contribution is 2.35. The van der Waals surface area contributed by atoms with Gasteiger partial charge in [0.1, 0.15) is 17.2 Å². The molecule has 0 bridgehead atoms. The Kier molecular flexibility index (Phi) is 8.31. The molecule has 3 aromatic rings. The maximum Gasteiger partial charge on any atom is 0.416 e. The van der Waals surface area contributed by atoms with E-state index in [1.54, 1.807) is 30.3 Å². The zero-order valence-corrected chi connectivity index (χ0v) is 20.5. The van der Waals surface area contributed by atoms with Crippen LogP contribution in [0.3, 0.4) is 0 Å². The predicted octanol–water partition coefficient (Wildman–Crippen LogP) is 4.41. The van der Waals surface area contributed by atoms with E-state index < -0.39 is 17.8 Å². The van der Waals surface area contributed by atoms with Crippen molar-refractivity contribution in [1.82, 2.24) is 15.6 Å². The number of amides is 3. The minimum absolute atomic E-state index is 0.0662. The van der Waals surface area contributed by atoms with E-state index in [1.807, 2.05) is 4.90 Å². The molecule has 1 saturated heterocycles. The van der Waals surface area contributed by atoms with Crippen molar-refractivity contribution in [3.05, 3.63) is 77.6 Å². The largest absolute Gasteiger partial charge is 0.457 e.